The van der Waals surface area contributed by atoms with Crippen molar-refractivity contribution < 1.29 is 9.53 Å². The van der Waals surface area contributed by atoms with E-state index in [1.807, 2.05) is 36.1 Å². The summed E-state index contributed by atoms with van der Waals surface area (Å²) in [6.07, 6.45) is 1.01. The van der Waals surface area contributed by atoms with Gasteiger partial charge in [-0.05, 0) is 41.8 Å². The smallest absolute Gasteiger partial charge is 0.321 e. The number of rotatable bonds is 3. The molecule has 0 spiro atoms. The van der Waals surface area contributed by atoms with Crippen LogP contribution in [0.4, 0.5) is 10.5 Å². The molecule has 0 aromatic heterocycles. The van der Waals surface area contributed by atoms with E-state index in [2.05, 4.69) is 28.4 Å². The monoisotopic (exact) mass is 351 g/mol. The Kier molecular flexibility index (Phi) is 4.80. The highest BCUT2D eigenvalue weighted by atomic mass is 16.5. The molecule has 5 heteroatoms. The third-order valence-electron chi connectivity index (χ3n) is 5.09. The number of nitrogens with zero attached hydrogens (tertiary/aromatic N) is 2. The van der Waals surface area contributed by atoms with Gasteiger partial charge in [-0.25, -0.2) is 4.79 Å². The maximum absolute atomic E-state index is 12.5. The Morgan fingerprint density at radius 3 is 2.77 bits per heavy atom. The summed E-state index contributed by atoms with van der Waals surface area (Å²) in [6.45, 7) is 7.06. The van der Waals surface area contributed by atoms with Gasteiger partial charge in [-0.1, -0.05) is 24.3 Å². The van der Waals surface area contributed by atoms with Gasteiger partial charge in [0.15, 0.2) is 0 Å². The van der Waals surface area contributed by atoms with Crippen molar-refractivity contribution in [3.63, 3.8) is 0 Å². The van der Waals surface area contributed by atoms with E-state index < -0.39 is 0 Å². The van der Waals surface area contributed by atoms with Crippen molar-refractivity contribution in [1.82, 2.24) is 9.80 Å². The summed E-state index contributed by atoms with van der Waals surface area (Å²) in [7, 11) is 0. The number of anilines is 1. The van der Waals surface area contributed by atoms with E-state index in [1.165, 1.54) is 11.1 Å². The number of carbonyl (C=O) groups is 1. The zero-order valence-electron chi connectivity index (χ0n) is 15.2. The van der Waals surface area contributed by atoms with Gasteiger partial charge in [0.2, 0.25) is 0 Å². The molecule has 1 fully saturated rings. The maximum atomic E-state index is 12.5. The van der Waals surface area contributed by atoms with Crippen LogP contribution in [0.5, 0.6) is 5.75 Å². The lowest BCUT2D eigenvalue weighted by Crippen LogP contribution is -2.49. The zero-order valence-corrected chi connectivity index (χ0v) is 15.2. The normalized spacial score (nSPS) is 16.9. The molecule has 0 radical (unpaired) electrons. The van der Waals surface area contributed by atoms with Gasteiger partial charge in [-0.15, -0.1) is 0 Å². The third-order valence-corrected chi connectivity index (χ3v) is 5.09. The van der Waals surface area contributed by atoms with Crippen LogP contribution in [0.15, 0.2) is 42.5 Å². The van der Waals surface area contributed by atoms with Crippen LogP contribution in [0.2, 0.25) is 0 Å². The fourth-order valence-corrected chi connectivity index (χ4v) is 3.63. The zero-order chi connectivity index (χ0) is 17.9. The number of aryl methyl sites for hydroxylation is 1. The van der Waals surface area contributed by atoms with Crippen molar-refractivity contribution in [2.24, 2.45) is 0 Å². The lowest BCUT2D eigenvalue weighted by atomic mass is 10.1. The molecule has 2 heterocycles. The molecule has 26 heavy (non-hydrogen) atoms. The molecule has 2 aromatic carbocycles. The average molecular weight is 351 g/mol. The standard InChI is InChI=1S/C21H25N3O2/c1-16-3-2-4-19(13-16)22-21(25)24-10-8-23(9-11-24)15-17-5-6-20-18(14-17)7-12-26-20/h2-6,13-14H,7-12,15H2,1H3,(H,22,25). The second-order valence-corrected chi connectivity index (χ2v) is 7.10. The highest BCUT2D eigenvalue weighted by molar-refractivity contribution is 5.89. The second kappa shape index (κ2) is 7.38. The van der Waals surface area contributed by atoms with Gasteiger partial charge in [-0.3, -0.25) is 4.90 Å². The molecule has 0 saturated carbocycles. The number of benzene rings is 2. The lowest BCUT2D eigenvalue weighted by molar-refractivity contribution is 0.143. The van der Waals surface area contributed by atoms with E-state index in [0.717, 1.165) is 62.8 Å². The van der Waals surface area contributed by atoms with Gasteiger partial charge in [-0.2, -0.15) is 0 Å². The molecule has 4 rings (SSSR count). The Morgan fingerprint density at radius 2 is 1.96 bits per heavy atom. The van der Waals surface area contributed by atoms with Crippen LogP contribution < -0.4 is 10.1 Å². The summed E-state index contributed by atoms with van der Waals surface area (Å²) in [4.78, 5) is 16.8. The van der Waals surface area contributed by atoms with E-state index in [4.69, 9.17) is 4.74 Å². The number of nitrogens with one attached hydrogen (secondary N) is 1. The molecule has 0 bridgehead atoms. The van der Waals surface area contributed by atoms with Gasteiger partial charge < -0.3 is 15.0 Å². The van der Waals surface area contributed by atoms with Crippen molar-refractivity contribution in [3.05, 3.63) is 59.2 Å². The number of hydrogen-bond acceptors (Lipinski definition) is 3. The van der Waals surface area contributed by atoms with Crippen LogP contribution in [0.25, 0.3) is 0 Å². The minimum absolute atomic E-state index is 0.00932. The van der Waals surface area contributed by atoms with Crippen molar-refractivity contribution in [1.29, 1.82) is 0 Å². The number of amides is 2. The molecule has 1 N–H and O–H groups in total. The van der Waals surface area contributed by atoms with Gasteiger partial charge in [0, 0.05) is 44.8 Å². The highest BCUT2D eigenvalue weighted by Gasteiger charge is 2.21. The van der Waals surface area contributed by atoms with Gasteiger partial charge in [0.1, 0.15) is 5.75 Å². The molecular formula is C21H25N3O2. The molecule has 0 unspecified atom stereocenters. The van der Waals surface area contributed by atoms with Crippen LogP contribution in [-0.4, -0.2) is 48.6 Å². The summed E-state index contributed by atoms with van der Waals surface area (Å²) in [6, 6.07) is 14.4. The second-order valence-electron chi connectivity index (χ2n) is 7.10. The first-order valence-corrected chi connectivity index (χ1v) is 9.27. The first-order valence-electron chi connectivity index (χ1n) is 9.27. The largest absolute Gasteiger partial charge is 0.493 e. The summed E-state index contributed by atoms with van der Waals surface area (Å²) in [5.41, 5.74) is 4.65. The maximum Gasteiger partial charge on any atom is 0.321 e. The number of carbonyl (C=O) groups excluding carboxylic acids is 1. The highest BCUT2D eigenvalue weighted by Crippen LogP contribution is 2.26. The van der Waals surface area contributed by atoms with Crippen molar-refractivity contribution in [2.75, 3.05) is 38.1 Å². The Bertz CT molecular complexity index is 798. The summed E-state index contributed by atoms with van der Waals surface area (Å²) in [5, 5.41) is 3.00. The Balaban J connectivity index is 1.29. The van der Waals surface area contributed by atoms with E-state index in [9.17, 15) is 4.79 Å². The lowest BCUT2D eigenvalue weighted by Gasteiger charge is -2.34. The van der Waals surface area contributed by atoms with Crippen LogP contribution in [-0.2, 0) is 13.0 Å². The quantitative estimate of drug-likeness (QED) is 0.923. The third kappa shape index (κ3) is 3.83. The number of fused-ring (bicyclic) bond motifs is 1. The Labute approximate surface area is 154 Å². The van der Waals surface area contributed by atoms with Gasteiger partial charge >= 0.3 is 6.03 Å². The molecule has 136 valence electrons. The van der Waals surface area contributed by atoms with Crippen LogP contribution in [0.3, 0.4) is 0 Å². The Morgan fingerprint density at radius 1 is 1.12 bits per heavy atom. The van der Waals surface area contributed by atoms with E-state index in [0.29, 0.717) is 0 Å². The van der Waals surface area contributed by atoms with Crippen molar-refractivity contribution in [3.8, 4) is 5.75 Å². The molecule has 0 aliphatic carbocycles. The van der Waals surface area contributed by atoms with Gasteiger partial charge in [0.05, 0.1) is 6.61 Å². The minimum Gasteiger partial charge on any atom is -0.493 e. The molecule has 0 atom stereocenters. The topological polar surface area (TPSA) is 44.8 Å². The fraction of sp³-hybridized carbons (Fsp3) is 0.381. The summed E-state index contributed by atoms with van der Waals surface area (Å²) in [5.74, 6) is 1.03. The predicted octanol–water partition coefficient (Wildman–Crippen LogP) is 3.28. The Hall–Kier alpha value is -2.53. The SMILES string of the molecule is Cc1cccc(NC(=O)N2CCN(Cc3ccc4c(c3)CCO4)CC2)c1. The number of hydrogen-bond donors (Lipinski definition) is 1. The molecule has 2 aliphatic rings. The van der Waals surface area contributed by atoms with E-state index in [-0.39, 0.29) is 6.03 Å². The molecule has 5 nitrogen and oxygen atoms in total. The molecular weight excluding hydrogens is 326 g/mol. The van der Waals surface area contributed by atoms with Crippen LogP contribution >= 0.6 is 0 Å². The average Bonchev–Trinajstić information content (AvgIpc) is 3.10. The van der Waals surface area contributed by atoms with Crippen LogP contribution in [0, 0.1) is 6.92 Å². The van der Waals surface area contributed by atoms with Gasteiger partial charge in [0.25, 0.3) is 0 Å². The predicted molar refractivity (Wildman–Crippen MR) is 103 cm³/mol. The van der Waals surface area contributed by atoms with E-state index in [1.54, 1.807) is 0 Å². The van der Waals surface area contributed by atoms with Crippen LogP contribution in [0.1, 0.15) is 16.7 Å². The first kappa shape index (κ1) is 16.9. The summed E-state index contributed by atoms with van der Waals surface area (Å²) < 4.78 is 5.58. The number of ether oxygens (including phenoxy) is 1. The molecule has 2 amide bonds. The molecule has 2 aromatic rings. The fourth-order valence-electron chi connectivity index (χ4n) is 3.63. The molecule has 1 saturated heterocycles. The van der Waals surface area contributed by atoms with Crippen molar-refractivity contribution in [2.45, 2.75) is 19.9 Å². The number of urea groups is 1. The first-order chi connectivity index (χ1) is 12.7. The summed E-state index contributed by atoms with van der Waals surface area (Å²) >= 11 is 0. The minimum atomic E-state index is -0.00932. The van der Waals surface area contributed by atoms with E-state index >= 15 is 0 Å². The molecule has 2 aliphatic heterocycles. The number of piperazine rings is 1. The van der Waals surface area contributed by atoms with Crippen molar-refractivity contribution >= 4 is 11.7 Å².